The van der Waals surface area contributed by atoms with E-state index in [2.05, 4.69) is 48.5 Å². The highest BCUT2D eigenvalue weighted by atomic mass is 16.3. The Labute approximate surface area is 118 Å². The molecule has 2 nitrogen and oxygen atoms in total. The molecule has 0 atom stereocenters. The number of aliphatic hydroxyl groups is 2. The van der Waals surface area contributed by atoms with Crippen molar-refractivity contribution in [3.63, 3.8) is 0 Å². The maximum Gasteiger partial charge on any atom is 0.0654 e. The van der Waals surface area contributed by atoms with E-state index in [4.69, 9.17) is 0 Å². The van der Waals surface area contributed by atoms with Crippen LogP contribution in [0.4, 0.5) is 0 Å². The third kappa shape index (κ3) is 1.35. The summed E-state index contributed by atoms with van der Waals surface area (Å²) in [6, 6.07) is 16.8. The van der Waals surface area contributed by atoms with Crippen LogP contribution in [0.3, 0.4) is 0 Å². The summed E-state index contributed by atoms with van der Waals surface area (Å²) in [6.45, 7) is 0.0272. The zero-order valence-electron chi connectivity index (χ0n) is 11.1. The lowest BCUT2D eigenvalue weighted by molar-refractivity contribution is 0.296. The van der Waals surface area contributed by atoms with E-state index < -0.39 is 0 Å². The van der Waals surface area contributed by atoms with Gasteiger partial charge in [-0.25, -0.2) is 0 Å². The van der Waals surface area contributed by atoms with Gasteiger partial charge in [-0.2, -0.15) is 0 Å². The Kier molecular flexibility index (Phi) is 2.56. The molecule has 20 heavy (non-hydrogen) atoms. The summed E-state index contributed by atoms with van der Waals surface area (Å²) in [7, 11) is 0. The first-order chi connectivity index (χ1) is 9.86. The van der Waals surface area contributed by atoms with Crippen LogP contribution < -0.4 is 0 Å². The lowest BCUT2D eigenvalue weighted by Gasteiger charge is -2.43. The Morgan fingerprint density at radius 2 is 0.900 bits per heavy atom. The van der Waals surface area contributed by atoms with E-state index in [-0.39, 0.29) is 25.0 Å². The molecule has 0 aliphatic heterocycles. The Bertz CT molecular complexity index is 607. The maximum atomic E-state index is 9.80. The van der Waals surface area contributed by atoms with Gasteiger partial charge >= 0.3 is 0 Å². The fourth-order valence-electron chi connectivity index (χ4n) is 3.92. The fraction of sp³-hybridized carbons (Fsp3) is 0.222. The number of benzene rings is 2. The molecule has 0 saturated carbocycles. The molecule has 0 radical (unpaired) electrons. The van der Waals surface area contributed by atoms with E-state index in [0.29, 0.717) is 0 Å². The van der Waals surface area contributed by atoms with Gasteiger partial charge in [0.1, 0.15) is 0 Å². The van der Waals surface area contributed by atoms with Gasteiger partial charge in [0.05, 0.1) is 13.2 Å². The van der Waals surface area contributed by atoms with Crippen molar-refractivity contribution < 1.29 is 10.2 Å². The van der Waals surface area contributed by atoms with E-state index >= 15 is 0 Å². The molecule has 0 saturated heterocycles. The topological polar surface area (TPSA) is 40.5 Å². The molecule has 5 rings (SSSR count). The van der Waals surface area contributed by atoms with Crippen LogP contribution in [0.15, 0.2) is 59.7 Å². The molecule has 3 aliphatic carbocycles. The van der Waals surface area contributed by atoms with Gasteiger partial charge in [-0.1, -0.05) is 48.5 Å². The van der Waals surface area contributed by atoms with Crippen molar-refractivity contribution in [2.45, 2.75) is 11.8 Å². The first-order valence-electron chi connectivity index (χ1n) is 6.98. The standard InChI is InChI=1S/C18H16O2/c19-9-15-16(10-20)18-12-6-2-1-5-11(12)17(15)13-7-3-4-8-14(13)18/h1-8,17-20H,9-10H2. The average Bonchev–Trinajstić information content (AvgIpc) is 2.53. The molecule has 0 aromatic heterocycles. The second-order valence-corrected chi connectivity index (χ2v) is 5.49. The summed E-state index contributed by atoms with van der Waals surface area (Å²) in [5.41, 5.74) is 7.06. The van der Waals surface area contributed by atoms with Gasteiger partial charge in [0, 0.05) is 11.8 Å². The third-order valence-corrected chi connectivity index (χ3v) is 4.69. The number of rotatable bonds is 2. The zero-order valence-corrected chi connectivity index (χ0v) is 11.1. The van der Waals surface area contributed by atoms with Crippen molar-refractivity contribution in [3.8, 4) is 0 Å². The molecule has 0 amide bonds. The molecule has 3 aliphatic rings. The minimum atomic E-state index is 0.0136. The van der Waals surface area contributed by atoms with E-state index in [1.54, 1.807) is 0 Å². The summed E-state index contributed by atoms with van der Waals surface area (Å²) in [5.74, 6) is 0.194. The maximum absolute atomic E-state index is 9.80. The summed E-state index contributed by atoms with van der Waals surface area (Å²) >= 11 is 0. The number of hydrogen-bond donors (Lipinski definition) is 2. The third-order valence-electron chi connectivity index (χ3n) is 4.69. The van der Waals surface area contributed by atoms with Gasteiger partial charge in [-0.3, -0.25) is 0 Å². The molecule has 2 N–H and O–H groups in total. The van der Waals surface area contributed by atoms with E-state index in [1.165, 1.54) is 22.3 Å². The van der Waals surface area contributed by atoms with Crippen molar-refractivity contribution in [2.24, 2.45) is 0 Å². The molecule has 2 aromatic carbocycles. The van der Waals surface area contributed by atoms with Crippen LogP contribution >= 0.6 is 0 Å². The van der Waals surface area contributed by atoms with Crippen molar-refractivity contribution in [1.82, 2.24) is 0 Å². The highest BCUT2D eigenvalue weighted by molar-refractivity contribution is 5.65. The SMILES string of the molecule is OCC1=C(CO)C2c3ccccc3C1c1ccccc12. The molecule has 0 heterocycles. The molecule has 0 unspecified atom stereocenters. The highest BCUT2D eigenvalue weighted by Crippen LogP contribution is 2.54. The van der Waals surface area contributed by atoms with E-state index in [0.717, 1.165) is 11.1 Å². The van der Waals surface area contributed by atoms with Crippen LogP contribution in [0.25, 0.3) is 0 Å². The summed E-state index contributed by atoms with van der Waals surface area (Å²) in [5, 5.41) is 19.6. The number of aliphatic hydroxyl groups excluding tert-OH is 2. The van der Waals surface area contributed by atoms with Crippen LogP contribution in [0.1, 0.15) is 34.1 Å². The van der Waals surface area contributed by atoms with Crippen molar-refractivity contribution in [3.05, 3.63) is 81.9 Å². The van der Waals surface area contributed by atoms with Crippen molar-refractivity contribution in [2.75, 3.05) is 13.2 Å². The van der Waals surface area contributed by atoms with Gasteiger partial charge in [0.15, 0.2) is 0 Å². The summed E-state index contributed by atoms with van der Waals surface area (Å²) in [6.07, 6.45) is 0. The number of hydrogen-bond acceptors (Lipinski definition) is 2. The van der Waals surface area contributed by atoms with Crippen LogP contribution in [-0.4, -0.2) is 23.4 Å². The van der Waals surface area contributed by atoms with E-state index in [9.17, 15) is 10.2 Å². The van der Waals surface area contributed by atoms with Crippen LogP contribution in [-0.2, 0) is 0 Å². The molecular formula is C18H16O2. The predicted octanol–water partition coefficient (Wildman–Crippen LogP) is 2.56. The van der Waals surface area contributed by atoms with Gasteiger partial charge < -0.3 is 10.2 Å². The molecular weight excluding hydrogens is 248 g/mol. The largest absolute Gasteiger partial charge is 0.392 e. The van der Waals surface area contributed by atoms with Crippen molar-refractivity contribution >= 4 is 0 Å². The minimum absolute atomic E-state index is 0.0136. The Hall–Kier alpha value is -1.90. The normalized spacial score (nSPS) is 22.7. The first-order valence-corrected chi connectivity index (χ1v) is 6.98. The first kappa shape index (κ1) is 11.9. The van der Waals surface area contributed by atoms with Crippen LogP contribution in [0.2, 0.25) is 0 Å². The molecule has 2 aromatic rings. The van der Waals surface area contributed by atoms with Crippen LogP contribution in [0, 0.1) is 0 Å². The second kappa shape index (κ2) is 4.30. The summed E-state index contributed by atoms with van der Waals surface area (Å²) < 4.78 is 0. The fourth-order valence-corrected chi connectivity index (χ4v) is 3.92. The lowest BCUT2D eigenvalue weighted by atomic mass is 9.61. The van der Waals surface area contributed by atoms with Gasteiger partial charge in [0.25, 0.3) is 0 Å². The Morgan fingerprint density at radius 1 is 0.600 bits per heavy atom. The molecule has 2 heteroatoms. The quantitative estimate of drug-likeness (QED) is 0.818. The minimum Gasteiger partial charge on any atom is -0.392 e. The second-order valence-electron chi connectivity index (χ2n) is 5.49. The van der Waals surface area contributed by atoms with E-state index in [1.807, 2.05) is 0 Å². The van der Waals surface area contributed by atoms with Gasteiger partial charge in [-0.15, -0.1) is 0 Å². The van der Waals surface area contributed by atoms with Gasteiger partial charge in [0.2, 0.25) is 0 Å². The monoisotopic (exact) mass is 264 g/mol. The molecule has 0 spiro atoms. The Balaban J connectivity index is 2.07. The lowest BCUT2D eigenvalue weighted by Crippen LogP contribution is -2.30. The zero-order chi connectivity index (χ0) is 13.7. The smallest absolute Gasteiger partial charge is 0.0654 e. The van der Waals surface area contributed by atoms with Crippen molar-refractivity contribution in [1.29, 1.82) is 0 Å². The Morgan fingerprint density at radius 3 is 1.15 bits per heavy atom. The average molecular weight is 264 g/mol. The molecule has 2 bridgehead atoms. The van der Waals surface area contributed by atoms with Gasteiger partial charge in [-0.05, 0) is 33.4 Å². The predicted molar refractivity (Wildman–Crippen MR) is 77.8 cm³/mol. The summed E-state index contributed by atoms with van der Waals surface area (Å²) in [4.78, 5) is 0. The molecule has 0 fully saturated rings. The molecule has 100 valence electrons. The highest BCUT2D eigenvalue weighted by Gasteiger charge is 2.41. The van der Waals surface area contributed by atoms with Crippen LogP contribution in [0.5, 0.6) is 0 Å².